The summed E-state index contributed by atoms with van der Waals surface area (Å²) < 4.78 is 29.2. The van der Waals surface area contributed by atoms with Gasteiger partial charge >= 0.3 is 0 Å². The normalized spacial score (nSPS) is 11.4. The van der Waals surface area contributed by atoms with Crippen LogP contribution in [0.1, 0.15) is 6.92 Å². The summed E-state index contributed by atoms with van der Waals surface area (Å²) in [6.07, 6.45) is -0.768. The second-order valence-corrected chi connectivity index (χ2v) is 6.34. The Morgan fingerprint density at radius 3 is 2.53 bits per heavy atom. The fraction of sp³-hybridized carbons (Fsp3) is 0.227. The zero-order valence-electron chi connectivity index (χ0n) is 16.7. The minimum absolute atomic E-state index is 0.217. The van der Waals surface area contributed by atoms with Crippen molar-refractivity contribution in [1.29, 1.82) is 0 Å². The lowest BCUT2D eigenvalue weighted by Gasteiger charge is -2.14. The number of nitrogens with zero attached hydrogens (tertiary/aromatic N) is 2. The van der Waals surface area contributed by atoms with Gasteiger partial charge in [-0.25, -0.2) is 4.39 Å². The second-order valence-electron chi connectivity index (χ2n) is 6.34. The fourth-order valence-corrected chi connectivity index (χ4v) is 2.58. The van der Waals surface area contributed by atoms with Gasteiger partial charge in [0, 0.05) is 17.7 Å². The maximum absolute atomic E-state index is 13.2. The van der Waals surface area contributed by atoms with Gasteiger partial charge in [0.2, 0.25) is 5.88 Å². The molecular formula is C22H22FN3O4. The molecule has 1 aromatic heterocycles. The molecule has 8 heteroatoms. The van der Waals surface area contributed by atoms with E-state index in [9.17, 15) is 9.18 Å². The number of carbonyl (C=O) groups excluding carboxylic acids is 1. The third kappa shape index (κ3) is 5.91. The van der Waals surface area contributed by atoms with Gasteiger partial charge in [-0.3, -0.25) is 4.79 Å². The third-order valence-corrected chi connectivity index (χ3v) is 4.16. The minimum Gasteiger partial charge on any atom is -0.497 e. The molecule has 7 nitrogen and oxygen atoms in total. The highest BCUT2D eigenvalue weighted by Gasteiger charge is 2.14. The highest BCUT2D eigenvalue weighted by atomic mass is 19.1. The van der Waals surface area contributed by atoms with Crippen LogP contribution in [-0.2, 0) is 4.79 Å². The van der Waals surface area contributed by atoms with Gasteiger partial charge in [-0.1, -0.05) is 6.07 Å². The Bertz CT molecular complexity index is 965. The topological polar surface area (TPSA) is 82.6 Å². The Morgan fingerprint density at radius 2 is 1.87 bits per heavy atom. The molecule has 1 atom stereocenters. The highest BCUT2D eigenvalue weighted by Crippen LogP contribution is 2.21. The van der Waals surface area contributed by atoms with Crippen LogP contribution in [0.4, 0.5) is 4.39 Å². The summed E-state index contributed by atoms with van der Waals surface area (Å²) in [5.74, 6) is 0.660. The van der Waals surface area contributed by atoms with Crippen LogP contribution in [0, 0.1) is 5.82 Å². The maximum atomic E-state index is 13.2. The first kappa shape index (κ1) is 21.0. The Kier molecular flexibility index (Phi) is 7.15. The number of hydrogen-bond donors (Lipinski definition) is 1. The van der Waals surface area contributed by atoms with Crippen LogP contribution >= 0.6 is 0 Å². The van der Waals surface area contributed by atoms with E-state index in [1.165, 1.54) is 18.2 Å². The van der Waals surface area contributed by atoms with E-state index in [1.54, 1.807) is 32.2 Å². The first-order chi connectivity index (χ1) is 14.5. The zero-order chi connectivity index (χ0) is 21.3. The number of rotatable bonds is 9. The molecule has 1 N–H and O–H groups in total. The van der Waals surface area contributed by atoms with Crippen LogP contribution in [0.2, 0.25) is 0 Å². The van der Waals surface area contributed by atoms with Gasteiger partial charge in [0.15, 0.2) is 6.10 Å². The van der Waals surface area contributed by atoms with E-state index in [0.717, 1.165) is 11.3 Å². The number of aromatic nitrogens is 2. The average Bonchev–Trinajstić information content (AvgIpc) is 2.77. The number of methoxy groups -OCH3 is 1. The maximum Gasteiger partial charge on any atom is 0.260 e. The van der Waals surface area contributed by atoms with E-state index in [-0.39, 0.29) is 19.1 Å². The predicted octanol–water partition coefficient (Wildman–Crippen LogP) is 3.25. The van der Waals surface area contributed by atoms with Crippen molar-refractivity contribution in [2.75, 3.05) is 20.3 Å². The summed E-state index contributed by atoms with van der Waals surface area (Å²) >= 11 is 0. The van der Waals surface area contributed by atoms with E-state index < -0.39 is 11.9 Å². The van der Waals surface area contributed by atoms with Crippen LogP contribution in [-0.4, -0.2) is 42.5 Å². The van der Waals surface area contributed by atoms with Gasteiger partial charge in [-0.15, -0.1) is 10.2 Å². The summed E-state index contributed by atoms with van der Waals surface area (Å²) in [6, 6.07) is 16.6. The SMILES string of the molecule is COc1ccc(-c2ccc(OCCNC(=O)C(C)Oc3cccc(F)c3)nn2)cc1. The molecule has 156 valence electrons. The van der Waals surface area contributed by atoms with E-state index in [0.29, 0.717) is 17.3 Å². The molecule has 0 fully saturated rings. The monoisotopic (exact) mass is 411 g/mol. The van der Waals surface area contributed by atoms with Gasteiger partial charge < -0.3 is 19.5 Å². The number of benzene rings is 2. The van der Waals surface area contributed by atoms with Crippen molar-refractivity contribution >= 4 is 5.91 Å². The first-order valence-corrected chi connectivity index (χ1v) is 9.36. The summed E-state index contributed by atoms with van der Waals surface area (Å²) in [7, 11) is 1.61. The summed E-state index contributed by atoms with van der Waals surface area (Å²) in [4.78, 5) is 12.1. The Labute approximate surface area is 173 Å². The molecule has 0 aliphatic carbocycles. The molecular weight excluding hydrogens is 389 g/mol. The zero-order valence-corrected chi connectivity index (χ0v) is 16.7. The summed E-state index contributed by atoms with van der Waals surface area (Å²) in [5, 5.41) is 10.9. The van der Waals surface area contributed by atoms with E-state index in [2.05, 4.69) is 15.5 Å². The summed E-state index contributed by atoms with van der Waals surface area (Å²) in [5.41, 5.74) is 1.62. The van der Waals surface area contributed by atoms with Crippen LogP contribution < -0.4 is 19.5 Å². The minimum atomic E-state index is -0.768. The Hall–Kier alpha value is -3.68. The van der Waals surface area contributed by atoms with Crippen LogP contribution in [0.3, 0.4) is 0 Å². The average molecular weight is 411 g/mol. The molecule has 0 saturated carbocycles. The molecule has 30 heavy (non-hydrogen) atoms. The molecule has 0 radical (unpaired) electrons. The van der Waals surface area contributed by atoms with Crippen LogP contribution in [0.5, 0.6) is 17.4 Å². The van der Waals surface area contributed by atoms with Gasteiger partial charge in [0.1, 0.15) is 23.9 Å². The highest BCUT2D eigenvalue weighted by molar-refractivity contribution is 5.80. The molecule has 1 unspecified atom stereocenters. The third-order valence-electron chi connectivity index (χ3n) is 4.16. The van der Waals surface area contributed by atoms with Crippen molar-refractivity contribution in [1.82, 2.24) is 15.5 Å². The number of halogens is 1. The van der Waals surface area contributed by atoms with E-state index in [4.69, 9.17) is 14.2 Å². The van der Waals surface area contributed by atoms with E-state index in [1.807, 2.05) is 24.3 Å². The van der Waals surface area contributed by atoms with Crippen molar-refractivity contribution in [2.45, 2.75) is 13.0 Å². The van der Waals surface area contributed by atoms with Crippen molar-refractivity contribution < 1.29 is 23.4 Å². The lowest BCUT2D eigenvalue weighted by molar-refractivity contribution is -0.127. The molecule has 0 bridgehead atoms. The van der Waals surface area contributed by atoms with Crippen molar-refractivity contribution in [3.05, 3.63) is 66.5 Å². The first-order valence-electron chi connectivity index (χ1n) is 9.36. The molecule has 0 aliphatic rings. The Morgan fingerprint density at radius 1 is 1.07 bits per heavy atom. The van der Waals surface area contributed by atoms with Crippen LogP contribution in [0.25, 0.3) is 11.3 Å². The number of nitrogens with one attached hydrogen (secondary N) is 1. The van der Waals surface area contributed by atoms with Gasteiger partial charge in [0.25, 0.3) is 5.91 Å². The van der Waals surface area contributed by atoms with Gasteiger partial charge in [-0.2, -0.15) is 0 Å². The van der Waals surface area contributed by atoms with Gasteiger partial charge in [-0.05, 0) is 49.4 Å². The molecule has 1 amide bonds. The molecule has 0 spiro atoms. The van der Waals surface area contributed by atoms with Crippen LogP contribution in [0.15, 0.2) is 60.7 Å². The lowest BCUT2D eigenvalue weighted by atomic mass is 10.1. The van der Waals surface area contributed by atoms with Crippen molar-refractivity contribution in [3.63, 3.8) is 0 Å². The molecule has 2 aromatic carbocycles. The number of ether oxygens (including phenoxy) is 3. The lowest BCUT2D eigenvalue weighted by Crippen LogP contribution is -2.38. The molecule has 0 saturated heterocycles. The fourth-order valence-electron chi connectivity index (χ4n) is 2.58. The standard InChI is InChI=1S/C22H22FN3O4/c1-15(30-19-5-3-4-17(23)14-19)22(27)24-12-13-29-21-11-10-20(25-26-21)16-6-8-18(28-2)9-7-16/h3-11,14-15H,12-13H2,1-2H3,(H,24,27). The summed E-state index contributed by atoms with van der Waals surface area (Å²) in [6.45, 7) is 2.07. The molecule has 1 heterocycles. The van der Waals surface area contributed by atoms with Crippen molar-refractivity contribution in [3.8, 4) is 28.6 Å². The largest absolute Gasteiger partial charge is 0.497 e. The molecule has 3 aromatic rings. The number of carbonyl (C=O) groups is 1. The quantitative estimate of drug-likeness (QED) is 0.545. The van der Waals surface area contributed by atoms with E-state index >= 15 is 0 Å². The predicted molar refractivity (Wildman–Crippen MR) is 109 cm³/mol. The Balaban J connectivity index is 1.41. The molecule has 0 aliphatic heterocycles. The number of amides is 1. The van der Waals surface area contributed by atoms with Gasteiger partial charge in [0.05, 0.1) is 19.3 Å². The second kappa shape index (κ2) is 10.2. The van der Waals surface area contributed by atoms with Crippen molar-refractivity contribution in [2.24, 2.45) is 0 Å². The molecule has 3 rings (SSSR count). The number of hydrogen-bond acceptors (Lipinski definition) is 6. The smallest absolute Gasteiger partial charge is 0.260 e.